The zero-order valence-corrected chi connectivity index (χ0v) is 85.8. The topological polar surface area (TPSA) is 67.1 Å². The van der Waals surface area contributed by atoms with E-state index in [0.29, 0.717) is 0 Å². The number of rotatable bonds is 56. The van der Waals surface area contributed by atoms with Crippen LogP contribution in [0.25, 0.3) is 44.5 Å². The van der Waals surface area contributed by atoms with E-state index in [4.69, 9.17) is 0 Å². The molecular weight excluding hydrogens is 1900 g/mol. The van der Waals surface area contributed by atoms with Crippen molar-refractivity contribution in [2.75, 3.05) is 81.6 Å². The quantitative estimate of drug-likeness (QED) is 0.0335. The van der Waals surface area contributed by atoms with E-state index in [2.05, 4.69) is 243 Å². The number of quaternary nitrogens is 3. The number of aryl methyl sites for hydroxylation is 4. The molecule has 117 heavy (non-hydrogen) atoms. The molecule has 0 saturated carbocycles. The number of halogens is 7. The van der Waals surface area contributed by atoms with Crippen molar-refractivity contribution in [3.05, 3.63) is 196 Å². The van der Waals surface area contributed by atoms with Gasteiger partial charge in [-0.2, -0.15) is 0 Å². The molecular formula is C99H160Br7N11. The second-order valence-electron chi connectivity index (χ2n) is 33.8. The van der Waals surface area contributed by atoms with Crippen LogP contribution in [-0.4, -0.2) is 115 Å². The predicted octanol–water partition coefficient (Wildman–Crippen LogP) is 2.70. The Morgan fingerprint density at radius 1 is 0.179 bits per heavy atom. The maximum Gasteiger partial charge on any atom is 0.169 e. The summed E-state index contributed by atoms with van der Waals surface area (Å²) in [4.78, 5) is 16.3. The average Bonchev–Trinajstić information content (AvgIpc) is 0.882. The first kappa shape index (κ1) is 118. The van der Waals surface area contributed by atoms with E-state index in [-0.39, 0.29) is 119 Å². The van der Waals surface area contributed by atoms with Gasteiger partial charge in [-0.05, 0) is 138 Å². The summed E-state index contributed by atoms with van der Waals surface area (Å²) in [5.74, 6) is 0. The first-order chi connectivity index (χ1) is 53.7. The zero-order valence-electron chi connectivity index (χ0n) is 74.7. The molecule has 0 fully saturated rings. The molecule has 0 amide bonds. The van der Waals surface area contributed by atoms with Crippen molar-refractivity contribution in [3.8, 4) is 44.5 Å². The van der Waals surface area contributed by atoms with Gasteiger partial charge in [-0.1, -0.05) is 188 Å². The Balaban J connectivity index is -0.00000148. The van der Waals surface area contributed by atoms with Gasteiger partial charge in [0, 0.05) is 143 Å². The lowest BCUT2D eigenvalue weighted by Crippen LogP contribution is -3.00. The molecule has 0 N–H and O–H groups in total. The summed E-state index contributed by atoms with van der Waals surface area (Å²) in [6.45, 7) is 21.4. The smallest absolute Gasteiger partial charge is 0.169 e. The van der Waals surface area contributed by atoms with Crippen LogP contribution in [-0.2, 0) is 26.2 Å². The molecule has 0 saturated heterocycles. The van der Waals surface area contributed by atoms with Crippen LogP contribution >= 0.6 is 0 Å². The molecule has 0 aliphatic carbocycles. The van der Waals surface area contributed by atoms with Crippen LogP contribution < -0.4 is 137 Å². The largest absolute Gasteiger partial charge is 1.00 e. The van der Waals surface area contributed by atoms with Gasteiger partial charge < -0.3 is 132 Å². The number of hydrogen-bond donors (Lipinski definition) is 0. The second-order valence-corrected chi connectivity index (χ2v) is 33.8. The van der Waals surface area contributed by atoms with Crippen LogP contribution in [0.3, 0.4) is 0 Å². The molecule has 8 rings (SSSR count). The minimum absolute atomic E-state index is 0. The molecule has 660 valence electrons. The van der Waals surface area contributed by atoms with Crippen molar-refractivity contribution in [2.24, 2.45) is 0 Å². The highest BCUT2D eigenvalue weighted by atomic mass is 79.9. The highest BCUT2D eigenvalue weighted by Gasteiger charge is 2.18. The minimum Gasteiger partial charge on any atom is -1.00 e. The molecule has 8 aromatic heterocycles. The minimum atomic E-state index is 0. The molecule has 8 heterocycles. The third kappa shape index (κ3) is 59.0. The highest BCUT2D eigenvalue weighted by molar-refractivity contribution is 5.63. The predicted molar refractivity (Wildman–Crippen MR) is 468 cm³/mol. The van der Waals surface area contributed by atoms with Gasteiger partial charge in [0.2, 0.25) is 0 Å². The Labute approximate surface area is 789 Å². The molecule has 18 heteroatoms. The Kier molecular flexibility index (Phi) is 76.5. The molecule has 0 aliphatic heterocycles. The van der Waals surface area contributed by atoms with Crippen LogP contribution in [0.15, 0.2) is 196 Å². The lowest BCUT2D eigenvalue weighted by molar-refractivity contribution is -0.891. The molecule has 0 aliphatic rings. The summed E-state index contributed by atoms with van der Waals surface area (Å²) in [5.41, 5.74) is 9.93. The van der Waals surface area contributed by atoms with Gasteiger partial charge >= 0.3 is 0 Å². The van der Waals surface area contributed by atoms with Gasteiger partial charge in [-0.3, -0.25) is 19.9 Å². The monoisotopic (exact) mass is 2060 g/mol. The van der Waals surface area contributed by atoms with Crippen LogP contribution in [0.1, 0.15) is 278 Å². The van der Waals surface area contributed by atoms with Crippen molar-refractivity contribution in [1.82, 2.24) is 19.9 Å². The Morgan fingerprint density at radius 3 is 0.479 bits per heavy atom. The van der Waals surface area contributed by atoms with Gasteiger partial charge in [0.15, 0.2) is 49.6 Å². The second kappa shape index (κ2) is 76.1. The van der Waals surface area contributed by atoms with Crippen LogP contribution in [0, 0.1) is 0 Å². The van der Waals surface area contributed by atoms with E-state index < -0.39 is 0 Å². The number of aromatic nitrogens is 8. The summed E-state index contributed by atoms with van der Waals surface area (Å²) >= 11 is 0. The van der Waals surface area contributed by atoms with Crippen molar-refractivity contribution in [2.45, 2.75) is 304 Å². The molecule has 0 spiro atoms. The SMILES string of the molecule is CCCCCCCCCCCCCC[N+](C)(C)CCCC[n+]1ccc(-c2ccncc2)cc1.CCCCCCCCCCCC[N+](C)(C)CCCC[n+]1ccc(-c2ccncc2)cc1.CCCCCCCCCC[N+](C)(C)CCCC[n+]1ccc(-c2ccncc2)cc1.CCCCC[n+]1ccc(-c2ccncc2)cc1.[Br-].[Br-].[Br-].[Br-].[Br-].[Br-].[Br-]. The van der Waals surface area contributed by atoms with Crippen molar-refractivity contribution >= 4 is 0 Å². The molecule has 0 unspecified atom stereocenters. The first-order valence-electron chi connectivity index (χ1n) is 44.8. The van der Waals surface area contributed by atoms with Crippen LogP contribution in [0.5, 0.6) is 0 Å². The fraction of sp³-hybridized carbons (Fsp3) is 0.596. The van der Waals surface area contributed by atoms with Gasteiger partial charge in [-0.15, -0.1) is 0 Å². The lowest BCUT2D eigenvalue weighted by Gasteiger charge is -2.29. The van der Waals surface area contributed by atoms with E-state index in [1.165, 1.54) is 348 Å². The van der Waals surface area contributed by atoms with E-state index in [1.807, 2.05) is 61.7 Å². The normalized spacial score (nSPS) is 10.8. The maximum atomic E-state index is 4.10. The zero-order chi connectivity index (χ0) is 78.5. The average molecular weight is 2060 g/mol. The summed E-state index contributed by atoms with van der Waals surface area (Å²) in [6, 6.07) is 34.0. The standard InChI is InChI=1S/C30H51N3.C28H47N3.C26H43N3.C15H19N2.7BrH/c1-4-5-6-7-8-9-10-11-12-13-14-16-27-33(2,3)28-17-15-24-32-25-20-30(21-26-32)29-18-22-31-23-19-29;1-4-5-6-7-8-9-10-11-12-14-25-31(2,3)26-15-13-22-30-23-18-28(19-24-30)27-16-20-29-21-17-27;1-4-5-6-7-8-9-10-12-23-29(2,3)24-13-11-20-28-21-16-26(17-22-28)25-14-18-27-19-15-25;1-2-3-4-11-17-12-7-15(8-13-17)14-5-9-16-10-6-14;;;;;;;/h18-23,25-26H,4-17,24,27-28H2,1-3H3;16-21,23-24H,4-15,22,25-26H2,1-3H3;14-19,21-22H,4-13,20,23-24H2,1-3H3;5-10,12-13H,2-4,11H2,1H3;7*1H/q3*+2;+1;;;;;;;/p-7. The van der Waals surface area contributed by atoms with Crippen molar-refractivity contribution in [1.29, 1.82) is 0 Å². The number of nitrogens with zero attached hydrogens (tertiary/aromatic N) is 11. The van der Waals surface area contributed by atoms with E-state index >= 15 is 0 Å². The third-order valence-electron chi connectivity index (χ3n) is 22.3. The third-order valence-corrected chi connectivity index (χ3v) is 22.3. The van der Waals surface area contributed by atoms with E-state index in [1.54, 1.807) is 0 Å². The number of unbranched alkanes of at least 4 members (excludes halogenated alkanes) is 32. The van der Waals surface area contributed by atoms with E-state index in [9.17, 15) is 0 Å². The molecule has 0 bridgehead atoms. The molecule has 8 aromatic rings. The summed E-state index contributed by atoms with van der Waals surface area (Å²) < 4.78 is 12.7. The summed E-state index contributed by atoms with van der Waals surface area (Å²) in [6.07, 6.45) is 86.5. The molecule has 0 aromatic carbocycles. The Hall–Kier alpha value is -3.56. The highest BCUT2D eigenvalue weighted by Crippen LogP contribution is 2.22. The van der Waals surface area contributed by atoms with Gasteiger partial charge in [0.05, 0.1) is 81.6 Å². The fourth-order valence-electron chi connectivity index (χ4n) is 14.8. The Bertz CT molecular complexity index is 3420. The van der Waals surface area contributed by atoms with Crippen LogP contribution in [0.4, 0.5) is 0 Å². The van der Waals surface area contributed by atoms with Gasteiger partial charge in [0.25, 0.3) is 0 Å². The maximum absolute atomic E-state index is 4.10. The van der Waals surface area contributed by atoms with Crippen LogP contribution in [0.2, 0.25) is 0 Å². The van der Waals surface area contributed by atoms with Gasteiger partial charge in [0.1, 0.15) is 26.2 Å². The summed E-state index contributed by atoms with van der Waals surface area (Å²) in [5, 5.41) is 0. The molecule has 11 nitrogen and oxygen atoms in total. The molecule has 0 radical (unpaired) electrons. The van der Waals surface area contributed by atoms with Gasteiger partial charge in [-0.25, -0.2) is 18.3 Å². The Morgan fingerprint density at radius 2 is 0.308 bits per heavy atom. The molecule has 0 atom stereocenters. The number of hydrogen-bond acceptors (Lipinski definition) is 4. The van der Waals surface area contributed by atoms with Crippen molar-refractivity contribution < 1.29 is 151 Å². The lowest BCUT2D eigenvalue weighted by atomic mass is 10.1. The fourth-order valence-corrected chi connectivity index (χ4v) is 14.8. The van der Waals surface area contributed by atoms with Crippen molar-refractivity contribution in [3.63, 3.8) is 0 Å². The number of pyridine rings is 8. The first-order valence-corrected chi connectivity index (χ1v) is 44.8. The summed E-state index contributed by atoms with van der Waals surface area (Å²) in [7, 11) is 14.4. The van der Waals surface area contributed by atoms with E-state index in [0.717, 1.165) is 26.2 Å².